The number of methoxy groups -OCH3 is 1. The minimum atomic E-state index is -0.0380. The van der Waals surface area contributed by atoms with E-state index in [9.17, 15) is 4.79 Å². The van der Waals surface area contributed by atoms with Gasteiger partial charge in [0.25, 0.3) is 0 Å². The van der Waals surface area contributed by atoms with Crippen LogP contribution in [-0.4, -0.2) is 18.0 Å². The summed E-state index contributed by atoms with van der Waals surface area (Å²) in [5.41, 5.74) is 4.09. The number of carbonyl (C=O) groups excluding carboxylic acids is 1. The van der Waals surface area contributed by atoms with Gasteiger partial charge in [0.2, 0.25) is 5.91 Å². The number of carbonyl (C=O) groups is 1. The molecule has 4 nitrogen and oxygen atoms in total. The maximum Gasteiger partial charge on any atom is 0.226 e. The van der Waals surface area contributed by atoms with Gasteiger partial charge in [0, 0.05) is 17.5 Å². The van der Waals surface area contributed by atoms with Crippen LogP contribution in [0.25, 0.3) is 10.6 Å². The molecule has 0 aliphatic rings. The highest BCUT2D eigenvalue weighted by Gasteiger charge is 2.09. The second-order valence-corrected chi connectivity index (χ2v) is 6.68. The average molecular weight is 352 g/mol. The highest BCUT2D eigenvalue weighted by atomic mass is 32.1. The Labute approximate surface area is 151 Å². The van der Waals surface area contributed by atoms with Crippen LogP contribution in [0, 0.1) is 6.92 Å². The lowest BCUT2D eigenvalue weighted by molar-refractivity contribution is -0.120. The van der Waals surface area contributed by atoms with E-state index in [4.69, 9.17) is 4.74 Å². The molecule has 1 amide bonds. The number of ether oxygens (including phenoxy) is 1. The molecule has 3 aromatic rings. The van der Waals surface area contributed by atoms with Crippen molar-refractivity contribution in [3.05, 3.63) is 70.7 Å². The van der Waals surface area contributed by atoms with E-state index in [-0.39, 0.29) is 12.3 Å². The van der Waals surface area contributed by atoms with E-state index >= 15 is 0 Å². The van der Waals surface area contributed by atoms with Crippen molar-refractivity contribution in [2.45, 2.75) is 19.9 Å². The largest absolute Gasteiger partial charge is 0.497 e. The molecule has 0 atom stereocenters. The molecule has 1 heterocycles. The number of nitrogens with zero attached hydrogens (tertiary/aromatic N) is 1. The summed E-state index contributed by atoms with van der Waals surface area (Å²) in [4.78, 5) is 16.7. The van der Waals surface area contributed by atoms with Gasteiger partial charge in [0.15, 0.2) is 0 Å². The number of benzene rings is 2. The van der Waals surface area contributed by atoms with Crippen LogP contribution in [0.15, 0.2) is 53.9 Å². The van der Waals surface area contributed by atoms with Gasteiger partial charge in [-0.05, 0) is 30.7 Å². The van der Waals surface area contributed by atoms with Crippen LogP contribution in [0.4, 0.5) is 0 Å². The molecule has 1 aromatic heterocycles. The quantitative estimate of drug-likeness (QED) is 0.730. The first-order valence-electron chi connectivity index (χ1n) is 8.05. The van der Waals surface area contributed by atoms with E-state index in [1.807, 2.05) is 41.8 Å². The third-order valence-electron chi connectivity index (χ3n) is 3.78. The molecular formula is C20H20N2O2S. The van der Waals surface area contributed by atoms with Crippen LogP contribution in [0.1, 0.15) is 16.8 Å². The van der Waals surface area contributed by atoms with Gasteiger partial charge in [-0.25, -0.2) is 4.98 Å². The van der Waals surface area contributed by atoms with Crippen molar-refractivity contribution >= 4 is 17.2 Å². The number of hydrogen-bond acceptors (Lipinski definition) is 4. The summed E-state index contributed by atoms with van der Waals surface area (Å²) in [7, 11) is 1.63. The van der Waals surface area contributed by atoms with Crippen LogP contribution < -0.4 is 10.1 Å². The molecular weight excluding hydrogens is 332 g/mol. The van der Waals surface area contributed by atoms with Crippen molar-refractivity contribution in [2.24, 2.45) is 0 Å². The molecule has 0 saturated heterocycles. The third-order valence-corrected chi connectivity index (χ3v) is 4.72. The number of rotatable bonds is 6. The second-order valence-electron chi connectivity index (χ2n) is 5.82. The molecule has 0 radical (unpaired) electrons. The fourth-order valence-corrected chi connectivity index (χ4v) is 3.33. The average Bonchev–Trinajstić information content (AvgIpc) is 3.08. The van der Waals surface area contributed by atoms with Gasteiger partial charge in [-0.3, -0.25) is 4.79 Å². The zero-order valence-electron chi connectivity index (χ0n) is 14.3. The number of nitrogens with one attached hydrogen (secondary N) is 1. The van der Waals surface area contributed by atoms with E-state index in [2.05, 4.69) is 29.4 Å². The van der Waals surface area contributed by atoms with Crippen LogP contribution >= 0.6 is 11.3 Å². The lowest BCUT2D eigenvalue weighted by Gasteiger charge is -2.06. The highest BCUT2D eigenvalue weighted by Crippen LogP contribution is 2.24. The predicted molar refractivity (Wildman–Crippen MR) is 101 cm³/mol. The Bertz CT molecular complexity index is 873. The van der Waals surface area contributed by atoms with E-state index in [0.717, 1.165) is 27.6 Å². The number of thiazole rings is 1. The molecule has 1 N–H and O–H groups in total. The minimum Gasteiger partial charge on any atom is -0.497 e. The Morgan fingerprint density at radius 2 is 2.04 bits per heavy atom. The first kappa shape index (κ1) is 17.2. The zero-order valence-corrected chi connectivity index (χ0v) is 15.1. The molecule has 128 valence electrons. The van der Waals surface area contributed by atoms with Crippen molar-refractivity contribution < 1.29 is 9.53 Å². The Kier molecular flexibility index (Phi) is 5.46. The van der Waals surface area contributed by atoms with Gasteiger partial charge < -0.3 is 10.1 Å². The van der Waals surface area contributed by atoms with E-state index in [1.54, 1.807) is 18.4 Å². The fraction of sp³-hybridized carbons (Fsp3) is 0.200. The summed E-state index contributed by atoms with van der Waals surface area (Å²) in [5, 5.41) is 5.82. The zero-order chi connectivity index (χ0) is 17.6. The molecule has 25 heavy (non-hydrogen) atoms. The molecule has 0 fully saturated rings. The summed E-state index contributed by atoms with van der Waals surface area (Å²) in [6, 6.07) is 15.9. The van der Waals surface area contributed by atoms with E-state index in [0.29, 0.717) is 6.54 Å². The topological polar surface area (TPSA) is 51.2 Å². The van der Waals surface area contributed by atoms with Crippen molar-refractivity contribution in [1.29, 1.82) is 0 Å². The van der Waals surface area contributed by atoms with Crippen molar-refractivity contribution in [2.75, 3.05) is 7.11 Å². The van der Waals surface area contributed by atoms with Crippen molar-refractivity contribution in [1.82, 2.24) is 10.3 Å². The summed E-state index contributed by atoms with van der Waals surface area (Å²) >= 11 is 1.57. The number of aryl methyl sites for hydroxylation is 1. The van der Waals surface area contributed by atoms with Gasteiger partial charge in [-0.1, -0.05) is 35.9 Å². The lowest BCUT2D eigenvalue weighted by Crippen LogP contribution is -2.24. The molecule has 0 saturated carbocycles. The minimum absolute atomic E-state index is 0.0380. The maximum absolute atomic E-state index is 12.2. The number of amides is 1. The molecule has 0 spiro atoms. The Hall–Kier alpha value is -2.66. The van der Waals surface area contributed by atoms with E-state index < -0.39 is 0 Å². The monoisotopic (exact) mass is 352 g/mol. The molecule has 0 unspecified atom stereocenters. The first-order valence-corrected chi connectivity index (χ1v) is 8.93. The molecule has 0 bridgehead atoms. The Morgan fingerprint density at radius 3 is 2.84 bits per heavy atom. The molecule has 5 heteroatoms. The summed E-state index contributed by atoms with van der Waals surface area (Å²) in [6.45, 7) is 2.54. The summed E-state index contributed by atoms with van der Waals surface area (Å²) < 4.78 is 5.19. The second kappa shape index (κ2) is 7.94. The highest BCUT2D eigenvalue weighted by molar-refractivity contribution is 7.13. The smallest absolute Gasteiger partial charge is 0.226 e. The van der Waals surface area contributed by atoms with Crippen molar-refractivity contribution in [3.8, 4) is 16.3 Å². The van der Waals surface area contributed by atoms with Gasteiger partial charge in [-0.15, -0.1) is 11.3 Å². The predicted octanol–water partition coefficient (Wildman–Crippen LogP) is 3.99. The van der Waals surface area contributed by atoms with Gasteiger partial charge >= 0.3 is 0 Å². The van der Waals surface area contributed by atoms with Gasteiger partial charge in [-0.2, -0.15) is 0 Å². The Morgan fingerprint density at radius 1 is 1.20 bits per heavy atom. The number of hydrogen-bond donors (Lipinski definition) is 1. The van der Waals surface area contributed by atoms with Crippen LogP contribution in [0.3, 0.4) is 0 Å². The molecule has 0 aliphatic carbocycles. The first-order chi connectivity index (χ1) is 12.1. The molecule has 2 aromatic carbocycles. The normalized spacial score (nSPS) is 10.5. The van der Waals surface area contributed by atoms with Gasteiger partial charge in [0.05, 0.1) is 19.2 Å². The summed E-state index contributed by atoms with van der Waals surface area (Å²) in [6.07, 6.45) is 0.284. The standard InChI is InChI=1S/C20H20N2O2S/c1-14-5-3-7-16(9-14)20-22-17(13-25-20)11-19(23)21-12-15-6-4-8-18(10-15)24-2/h3-10,13H,11-12H2,1-2H3,(H,21,23). The third kappa shape index (κ3) is 4.67. The van der Waals surface area contributed by atoms with Crippen LogP contribution in [-0.2, 0) is 17.8 Å². The lowest BCUT2D eigenvalue weighted by atomic mass is 10.1. The molecule has 3 rings (SSSR count). The molecule has 0 aliphatic heterocycles. The fourth-order valence-electron chi connectivity index (χ4n) is 2.51. The van der Waals surface area contributed by atoms with E-state index in [1.165, 1.54) is 5.56 Å². The number of aromatic nitrogens is 1. The van der Waals surface area contributed by atoms with Crippen LogP contribution in [0.5, 0.6) is 5.75 Å². The van der Waals surface area contributed by atoms with Crippen molar-refractivity contribution in [3.63, 3.8) is 0 Å². The summed E-state index contributed by atoms with van der Waals surface area (Å²) in [5.74, 6) is 0.748. The SMILES string of the molecule is COc1cccc(CNC(=O)Cc2csc(-c3cccc(C)c3)n2)c1. The van der Waals surface area contributed by atoms with Gasteiger partial charge in [0.1, 0.15) is 10.8 Å². The Balaban J connectivity index is 1.58. The van der Waals surface area contributed by atoms with Crippen LogP contribution in [0.2, 0.25) is 0 Å². The maximum atomic E-state index is 12.2.